The molecule has 2 saturated heterocycles. The summed E-state index contributed by atoms with van der Waals surface area (Å²) in [5.41, 5.74) is 0. The molecule has 0 aromatic heterocycles. The summed E-state index contributed by atoms with van der Waals surface area (Å²) >= 11 is 0. The van der Waals surface area contributed by atoms with Crippen LogP contribution in [0.3, 0.4) is 0 Å². The van der Waals surface area contributed by atoms with Crippen LogP contribution in [0.5, 0.6) is 0 Å². The normalized spacial score (nSPS) is 49.8. The minimum absolute atomic E-state index is 0.372. The van der Waals surface area contributed by atoms with E-state index in [0.29, 0.717) is 0 Å². The van der Waals surface area contributed by atoms with E-state index in [4.69, 9.17) is 14.6 Å². The summed E-state index contributed by atoms with van der Waals surface area (Å²) in [6.45, 7) is -0.372. The first-order chi connectivity index (χ1) is 10.2. The summed E-state index contributed by atoms with van der Waals surface area (Å²) < 4.78 is 14.6. The molecular weight excluding hydrogens is 308 g/mol. The lowest BCUT2D eigenvalue weighted by Crippen LogP contribution is -2.63. The van der Waals surface area contributed by atoms with Gasteiger partial charge >= 0.3 is 5.97 Å². The van der Waals surface area contributed by atoms with Crippen molar-refractivity contribution in [2.24, 2.45) is 0 Å². The largest absolute Gasteiger partial charge is 0.479 e. The molecule has 0 spiro atoms. The molecule has 0 saturated carbocycles. The van der Waals surface area contributed by atoms with E-state index in [1.807, 2.05) is 0 Å². The van der Waals surface area contributed by atoms with Crippen LogP contribution in [0.15, 0.2) is 0 Å². The molecule has 9 atom stereocenters. The Bertz CT molecular complexity index is 403. The van der Waals surface area contributed by atoms with Crippen molar-refractivity contribution in [2.45, 2.75) is 55.3 Å². The predicted octanol–water partition coefficient (Wildman–Crippen LogP) is -4.67. The van der Waals surface area contributed by atoms with E-state index in [2.05, 4.69) is 4.74 Å². The highest BCUT2D eigenvalue weighted by Gasteiger charge is 2.50. The van der Waals surface area contributed by atoms with Crippen molar-refractivity contribution in [3.63, 3.8) is 0 Å². The zero-order chi connectivity index (χ0) is 16.6. The Kier molecular flexibility index (Phi) is 5.32. The van der Waals surface area contributed by atoms with Crippen molar-refractivity contribution in [3.05, 3.63) is 0 Å². The molecule has 2 aliphatic rings. The molecule has 0 aliphatic carbocycles. The van der Waals surface area contributed by atoms with E-state index in [9.17, 15) is 35.4 Å². The van der Waals surface area contributed by atoms with E-state index in [0.717, 1.165) is 0 Å². The van der Waals surface area contributed by atoms with Gasteiger partial charge in [0.15, 0.2) is 18.7 Å². The Balaban J connectivity index is 2.05. The van der Waals surface area contributed by atoms with Gasteiger partial charge in [-0.1, -0.05) is 0 Å². The number of hydrogen-bond acceptors (Lipinski definition) is 10. The van der Waals surface area contributed by atoms with Crippen molar-refractivity contribution in [2.75, 3.05) is 6.61 Å². The smallest absolute Gasteiger partial charge is 0.335 e. The zero-order valence-electron chi connectivity index (χ0n) is 11.2. The summed E-state index contributed by atoms with van der Waals surface area (Å²) in [6.07, 6.45) is -15.3. The number of aliphatic carboxylic acids is 1. The highest BCUT2D eigenvalue weighted by atomic mass is 16.7. The maximum Gasteiger partial charge on any atom is 0.335 e. The minimum atomic E-state index is -1.92. The van der Waals surface area contributed by atoms with Crippen LogP contribution in [0, 0.1) is 0 Å². The summed E-state index contributed by atoms with van der Waals surface area (Å²) in [7, 11) is 0. The van der Waals surface area contributed by atoms with E-state index >= 15 is 0 Å². The number of rotatable bonds is 3. The fraction of sp³-hybridized carbons (Fsp3) is 0.909. The SMILES string of the molecule is O=C(O)[C@H]1O[C@@H](O)[C@H](O[C@@H]2OC[C@@H](O)[C@H](O)[C@H]2O)[C@@H](O)[C@@H]1O. The Morgan fingerprint density at radius 1 is 0.955 bits per heavy atom. The topological polar surface area (TPSA) is 186 Å². The zero-order valence-corrected chi connectivity index (χ0v) is 11.2. The number of carboxylic acids is 1. The summed E-state index contributed by atoms with van der Waals surface area (Å²) in [6, 6.07) is 0. The van der Waals surface area contributed by atoms with Gasteiger partial charge in [-0.25, -0.2) is 4.79 Å². The lowest BCUT2D eigenvalue weighted by molar-refractivity contribution is -0.345. The number of aliphatic hydroxyl groups excluding tert-OH is 6. The minimum Gasteiger partial charge on any atom is -0.479 e. The second-order valence-corrected chi connectivity index (χ2v) is 5.12. The second kappa shape index (κ2) is 6.70. The third kappa shape index (κ3) is 3.22. The molecule has 7 N–H and O–H groups in total. The molecule has 2 heterocycles. The third-order valence-corrected chi connectivity index (χ3v) is 3.55. The van der Waals surface area contributed by atoms with Crippen LogP contribution in [0.25, 0.3) is 0 Å². The molecule has 0 unspecified atom stereocenters. The van der Waals surface area contributed by atoms with Gasteiger partial charge in [0.2, 0.25) is 0 Å². The van der Waals surface area contributed by atoms with Crippen molar-refractivity contribution >= 4 is 5.97 Å². The monoisotopic (exact) mass is 326 g/mol. The molecular formula is C11H18O11. The predicted molar refractivity (Wildman–Crippen MR) is 63.2 cm³/mol. The Labute approximate surface area is 123 Å². The second-order valence-electron chi connectivity index (χ2n) is 5.12. The first kappa shape index (κ1) is 17.5. The van der Waals surface area contributed by atoms with Gasteiger partial charge in [-0.05, 0) is 0 Å². The van der Waals surface area contributed by atoms with Crippen LogP contribution in [0.2, 0.25) is 0 Å². The first-order valence-electron chi connectivity index (χ1n) is 6.47. The molecule has 2 rings (SSSR count). The molecule has 11 heteroatoms. The fourth-order valence-corrected chi connectivity index (χ4v) is 2.26. The highest BCUT2D eigenvalue weighted by molar-refractivity contribution is 5.73. The third-order valence-electron chi connectivity index (χ3n) is 3.55. The van der Waals surface area contributed by atoms with Crippen molar-refractivity contribution < 1.29 is 54.8 Å². The molecule has 11 nitrogen and oxygen atoms in total. The summed E-state index contributed by atoms with van der Waals surface area (Å²) in [5, 5.41) is 66.4. The van der Waals surface area contributed by atoms with E-state index in [1.54, 1.807) is 0 Å². The van der Waals surface area contributed by atoms with Crippen molar-refractivity contribution in [1.29, 1.82) is 0 Å². The van der Waals surface area contributed by atoms with E-state index in [1.165, 1.54) is 0 Å². The molecule has 22 heavy (non-hydrogen) atoms. The maximum atomic E-state index is 10.8. The molecule has 0 radical (unpaired) electrons. The summed E-state index contributed by atoms with van der Waals surface area (Å²) in [5.74, 6) is -1.59. The van der Waals surface area contributed by atoms with Gasteiger partial charge < -0.3 is 50.0 Å². The lowest BCUT2D eigenvalue weighted by atomic mass is 9.98. The van der Waals surface area contributed by atoms with E-state index < -0.39 is 61.3 Å². The van der Waals surface area contributed by atoms with Gasteiger partial charge in [-0.2, -0.15) is 0 Å². The molecule has 0 aromatic carbocycles. The molecule has 2 fully saturated rings. The Morgan fingerprint density at radius 2 is 1.59 bits per heavy atom. The average Bonchev–Trinajstić information content (AvgIpc) is 2.46. The van der Waals surface area contributed by atoms with Gasteiger partial charge in [-0.3, -0.25) is 0 Å². The van der Waals surface area contributed by atoms with Crippen LogP contribution in [0.4, 0.5) is 0 Å². The molecule has 0 amide bonds. The van der Waals surface area contributed by atoms with Gasteiger partial charge in [0.05, 0.1) is 6.61 Å². The fourth-order valence-electron chi connectivity index (χ4n) is 2.26. The van der Waals surface area contributed by atoms with Gasteiger partial charge in [-0.15, -0.1) is 0 Å². The average molecular weight is 326 g/mol. The molecule has 128 valence electrons. The molecule has 2 aliphatic heterocycles. The first-order valence-corrected chi connectivity index (χ1v) is 6.47. The number of aliphatic hydroxyl groups is 6. The standard InChI is InChI=1S/C11H18O11/c12-2-1-20-11(6(16)3(2)13)22-8-5(15)4(14)7(9(17)18)21-10(8)19/h2-8,10-16,19H,1H2,(H,17,18)/t2-,3+,4+,5+,6-,7+,8-,10-,11+/m1/s1. The summed E-state index contributed by atoms with van der Waals surface area (Å²) in [4.78, 5) is 10.8. The number of carbonyl (C=O) groups is 1. The van der Waals surface area contributed by atoms with Crippen molar-refractivity contribution in [3.8, 4) is 0 Å². The van der Waals surface area contributed by atoms with Crippen LogP contribution in [-0.2, 0) is 19.0 Å². The number of ether oxygens (including phenoxy) is 3. The van der Waals surface area contributed by atoms with Gasteiger partial charge in [0, 0.05) is 0 Å². The van der Waals surface area contributed by atoms with Crippen LogP contribution < -0.4 is 0 Å². The highest BCUT2D eigenvalue weighted by Crippen LogP contribution is 2.26. The quantitative estimate of drug-likeness (QED) is 0.264. The Hall–Kier alpha value is -0.890. The molecule has 0 aromatic rings. The van der Waals surface area contributed by atoms with E-state index in [-0.39, 0.29) is 6.61 Å². The maximum absolute atomic E-state index is 10.8. The number of carboxylic acid groups (broad SMARTS) is 1. The van der Waals surface area contributed by atoms with Crippen LogP contribution in [0.1, 0.15) is 0 Å². The van der Waals surface area contributed by atoms with Gasteiger partial charge in [0.1, 0.15) is 36.6 Å². The lowest BCUT2D eigenvalue weighted by Gasteiger charge is -2.42. The molecule has 0 bridgehead atoms. The van der Waals surface area contributed by atoms with Gasteiger partial charge in [0.25, 0.3) is 0 Å². The van der Waals surface area contributed by atoms with Crippen LogP contribution >= 0.6 is 0 Å². The Morgan fingerprint density at radius 3 is 2.18 bits per heavy atom. The van der Waals surface area contributed by atoms with Crippen LogP contribution in [-0.4, -0.2) is 104 Å². The number of hydrogen-bond donors (Lipinski definition) is 7. The van der Waals surface area contributed by atoms with Crippen molar-refractivity contribution in [1.82, 2.24) is 0 Å².